The summed E-state index contributed by atoms with van der Waals surface area (Å²) in [5, 5.41) is 3.14. The molecule has 0 aromatic heterocycles. The van der Waals surface area contributed by atoms with Crippen molar-refractivity contribution in [3.8, 4) is 0 Å². The van der Waals surface area contributed by atoms with Crippen LogP contribution in [0.2, 0.25) is 13.1 Å². The molecule has 0 radical (unpaired) electrons. The molecule has 6 rings (SSSR count). The van der Waals surface area contributed by atoms with Gasteiger partial charge in [0, 0.05) is 0 Å². The van der Waals surface area contributed by atoms with Gasteiger partial charge >= 0.3 is 0 Å². The van der Waals surface area contributed by atoms with E-state index in [1.165, 1.54) is 66.8 Å². The highest BCUT2D eigenvalue weighted by Gasteiger charge is 2.37. The fourth-order valence-corrected chi connectivity index (χ4v) is 9.81. The molecular formula is C36H36Si. The molecule has 0 heterocycles. The van der Waals surface area contributed by atoms with Crippen molar-refractivity contribution in [2.24, 2.45) is 0 Å². The van der Waals surface area contributed by atoms with Crippen LogP contribution in [0.5, 0.6) is 0 Å². The van der Waals surface area contributed by atoms with E-state index in [9.17, 15) is 0 Å². The van der Waals surface area contributed by atoms with Gasteiger partial charge < -0.3 is 0 Å². The van der Waals surface area contributed by atoms with E-state index < -0.39 is 8.07 Å². The third-order valence-electron chi connectivity index (χ3n) is 8.59. The Hall–Kier alpha value is -3.42. The monoisotopic (exact) mass is 496 g/mol. The molecule has 2 aliphatic carbocycles. The molecule has 0 unspecified atom stereocenters. The zero-order valence-electron chi connectivity index (χ0n) is 23.0. The Morgan fingerprint density at radius 1 is 0.486 bits per heavy atom. The van der Waals surface area contributed by atoms with Crippen LogP contribution >= 0.6 is 0 Å². The van der Waals surface area contributed by atoms with Crippen molar-refractivity contribution in [1.82, 2.24) is 0 Å². The summed E-state index contributed by atoms with van der Waals surface area (Å²) in [6.45, 7) is 14.1. The highest BCUT2D eigenvalue weighted by Crippen LogP contribution is 2.40. The van der Waals surface area contributed by atoms with Crippen molar-refractivity contribution in [3.05, 3.63) is 141 Å². The highest BCUT2D eigenvalue weighted by molar-refractivity contribution is 7.01. The molecule has 0 fully saturated rings. The predicted molar refractivity (Wildman–Crippen MR) is 163 cm³/mol. The molecule has 184 valence electrons. The summed E-state index contributed by atoms with van der Waals surface area (Å²) in [6.07, 6.45) is 2.11. The average Bonchev–Trinajstić information content (AvgIpc) is 3.40. The van der Waals surface area contributed by atoms with Crippen LogP contribution in [0.3, 0.4) is 0 Å². The van der Waals surface area contributed by atoms with Crippen molar-refractivity contribution >= 4 is 29.6 Å². The van der Waals surface area contributed by atoms with Crippen LogP contribution in [0.15, 0.2) is 96.1 Å². The molecule has 0 amide bonds. The Morgan fingerprint density at radius 2 is 0.865 bits per heavy atom. The molecule has 0 aliphatic heterocycles. The topological polar surface area (TPSA) is 0 Å². The Labute approximate surface area is 223 Å². The van der Waals surface area contributed by atoms with Crippen LogP contribution in [0.25, 0.3) is 11.1 Å². The normalized spacial score (nSPS) is 14.9. The number of aryl methyl sites for hydroxylation is 2. The molecule has 0 nitrogen and oxygen atoms in total. The minimum Gasteiger partial charge on any atom is -0.0620 e. The lowest BCUT2D eigenvalue weighted by Crippen LogP contribution is -2.55. The number of rotatable bonds is 4. The predicted octanol–water partition coefficient (Wildman–Crippen LogP) is 7.88. The second-order valence-electron chi connectivity index (χ2n) is 11.7. The van der Waals surface area contributed by atoms with Gasteiger partial charge in [-0.3, -0.25) is 0 Å². The van der Waals surface area contributed by atoms with E-state index in [2.05, 4.69) is 126 Å². The highest BCUT2D eigenvalue weighted by atomic mass is 28.3. The maximum Gasteiger partial charge on any atom is 0.113 e. The summed E-state index contributed by atoms with van der Waals surface area (Å²) in [5.41, 5.74) is 17.2. The summed E-state index contributed by atoms with van der Waals surface area (Å²) in [7, 11) is -2.07. The first-order valence-electron chi connectivity index (χ1n) is 13.5. The van der Waals surface area contributed by atoms with Gasteiger partial charge in [0.05, 0.1) is 0 Å². The number of fused-ring (bicyclic) bond motifs is 2. The molecule has 0 saturated carbocycles. The second kappa shape index (κ2) is 8.85. The molecule has 4 aromatic carbocycles. The van der Waals surface area contributed by atoms with Crippen molar-refractivity contribution in [2.75, 3.05) is 0 Å². The Kier molecular flexibility index (Phi) is 5.73. The Bertz CT molecular complexity index is 1470. The van der Waals surface area contributed by atoms with Gasteiger partial charge in [-0.25, -0.2) is 0 Å². The molecule has 0 bridgehead atoms. The zero-order chi connectivity index (χ0) is 25.9. The maximum absolute atomic E-state index is 2.57. The number of hydrogen-bond donors (Lipinski definition) is 0. The first kappa shape index (κ1) is 23.9. The van der Waals surface area contributed by atoms with E-state index in [4.69, 9.17) is 0 Å². The lowest BCUT2D eigenvalue weighted by molar-refractivity contribution is 1.19. The molecule has 2 aliphatic rings. The fourth-order valence-electron chi connectivity index (χ4n) is 6.67. The van der Waals surface area contributed by atoms with Crippen molar-refractivity contribution in [2.45, 2.75) is 53.6 Å². The summed E-state index contributed by atoms with van der Waals surface area (Å²) < 4.78 is 0. The fraction of sp³-hybridized carbons (Fsp3) is 0.222. The van der Waals surface area contributed by atoms with Gasteiger partial charge in [-0.1, -0.05) is 120 Å². The van der Waals surface area contributed by atoms with E-state index in [0.29, 0.717) is 0 Å². The van der Waals surface area contributed by atoms with Crippen LogP contribution in [-0.2, 0) is 12.8 Å². The minimum absolute atomic E-state index is 1.05. The van der Waals surface area contributed by atoms with Gasteiger partial charge in [-0.15, -0.1) is 0 Å². The molecule has 0 atom stereocenters. The maximum atomic E-state index is 2.57. The third kappa shape index (κ3) is 3.88. The van der Waals surface area contributed by atoms with Crippen LogP contribution < -0.4 is 10.4 Å². The minimum atomic E-state index is -2.07. The third-order valence-corrected chi connectivity index (χ3v) is 12.1. The van der Waals surface area contributed by atoms with Crippen molar-refractivity contribution in [3.63, 3.8) is 0 Å². The largest absolute Gasteiger partial charge is 0.113 e. The van der Waals surface area contributed by atoms with E-state index in [-0.39, 0.29) is 0 Å². The van der Waals surface area contributed by atoms with E-state index in [1.807, 2.05) is 0 Å². The molecule has 37 heavy (non-hydrogen) atoms. The molecule has 0 N–H and O–H groups in total. The number of benzene rings is 4. The molecular weight excluding hydrogens is 460 g/mol. The summed E-state index contributed by atoms with van der Waals surface area (Å²) in [5.74, 6) is 0. The Morgan fingerprint density at radius 3 is 1.24 bits per heavy atom. The van der Waals surface area contributed by atoms with Crippen LogP contribution in [0.4, 0.5) is 0 Å². The Balaban J connectivity index is 1.54. The second-order valence-corrected chi connectivity index (χ2v) is 16.0. The smallest absolute Gasteiger partial charge is 0.0620 e. The lowest BCUT2D eigenvalue weighted by atomic mass is 9.96. The number of allylic oxidation sites excluding steroid dienone is 2. The summed E-state index contributed by atoms with van der Waals surface area (Å²) in [4.78, 5) is 0. The first-order valence-corrected chi connectivity index (χ1v) is 16.5. The quantitative estimate of drug-likeness (QED) is 0.252. The van der Waals surface area contributed by atoms with Crippen LogP contribution in [0.1, 0.15) is 58.4 Å². The van der Waals surface area contributed by atoms with Gasteiger partial charge in [0.15, 0.2) is 0 Å². The van der Waals surface area contributed by atoms with Gasteiger partial charge in [-0.05, 0) is 95.4 Å². The van der Waals surface area contributed by atoms with E-state index >= 15 is 0 Å². The molecule has 1 heteroatoms. The van der Waals surface area contributed by atoms with Gasteiger partial charge in [0.2, 0.25) is 0 Å². The van der Waals surface area contributed by atoms with Crippen molar-refractivity contribution < 1.29 is 0 Å². The SMILES string of the molecule is CC1=C(c2ccc(C)cc2)c2c(cccc2[Si](C)(C)c2cccc3c2C(c2ccc(C)cc2)=C(C)C3)C1. The van der Waals surface area contributed by atoms with Crippen LogP contribution in [-0.4, -0.2) is 8.07 Å². The average molecular weight is 497 g/mol. The molecule has 0 saturated heterocycles. The lowest BCUT2D eigenvalue weighted by Gasteiger charge is -2.30. The van der Waals surface area contributed by atoms with Gasteiger partial charge in [0.25, 0.3) is 0 Å². The van der Waals surface area contributed by atoms with Crippen LogP contribution in [0, 0.1) is 13.8 Å². The van der Waals surface area contributed by atoms with Crippen molar-refractivity contribution in [1.29, 1.82) is 0 Å². The first-order chi connectivity index (χ1) is 17.8. The molecule has 0 spiro atoms. The zero-order valence-corrected chi connectivity index (χ0v) is 24.0. The van der Waals surface area contributed by atoms with Gasteiger partial charge in [0.1, 0.15) is 8.07 Å². The number of hydrogen-bond acceptors (Lipinski definition) is 0. The van der Waals surface area contributed by atoms with E-state index in [1.54, 1.807) is 10.4 Å². The standard InChI is InChI=1S/C36H36Si/c1-23-13-17-27(18-14-23)33-25(3)21-29-9-7-11-31(35(29)33)37(5,6)32-12-8-10-30-22-26(4)34(36(30)32)28-19-15-24(2)16-20-28/h7-20H,21-22H2,1-6H3. The summed E-state index contributed by atoms with van der Waals surface area (Å²) >= 11 is 0. The van der Waals surface area contributed by atoms with Gasteiger partial charge in [-0.2, -0.15) is 0 Å². The van der Waals surface area contributed by atoms with E-state index in [0.717, 1.165) is 12.8 Å². The molecule has 4 aromatic rings. The summed E-state index contributed by atoms with van der Waals surface area (Å²) in [6, 6.07) is 32.5.